The van der Waals surface area contributed by atoms with Gasteiger partial charge in [0.05, 0.1) is 34.7 Å². The Kier molecular flexibility index (Phi) is 3.57. The van der Waals surface area contributed by atoms with E-state index in [4.69, 9.17) is 11.5 Å². The summed E-state index contributed by atoms with van der Waals surface area (Å²) < 4.78 is 4.36. The van der Waals surface area contributed by atoms with Crippen LogP contribution < -0.4 is 11.5 Å². The summed E-state index contributed by atoms with van der Waals surface area (Å²) in [5.74, 6) is 0. The molecule has 0 spiro atoms. The Morgan fingerprint density at radius 3 is 1.62 bits per heavy atom. The van der Waals surface area contributed by atoms with Crippen LogP contribution in [0.25, 0.3) is 22.1 Å². The molecule has 4 rings (SSSR count). The topological polar surface area (TPSA) is 87.7 Å². The summed E-state index contributed by atoms with van der Waals surface area (Å²) in [5.41, 5.74) is 17.3. The van der Waals surface area contributed by atoms with Crippen LogP contribution in [0.1, 0.15) is 12.8 Å². The molecule has 0 aliphatic heterocycles. The molecule has 6 nitrogen and oxygen atoms in total. The normalized spacial score (nSPS) is 11.5. The predicted molar refractivity (Wildman–Crippen MR) is 97.5 cm³/mol. The number of hydrogen-bond donors (Lipinski definition) is 2. The number of rotatable bonds is 5. The molecule has 2 heterocycles. The first kappa shape index (κ1) is 14.6. The highest BCUT2D eigenvalue weighted by Crippen LogP contribution is 2.18. The Balaban J connectivity index is 1.40. The number of nitrogen functional groups attached to an aromatic ring is 2. The largest absolute Gasteiger partial charge is 0.399 e. The molecular weight excluding hydrogens is 300 g/mol. The monoisotopic (exact) mass is 320 g/mol. The van der Waals surface area contributed by atoms with E-state index in [1.807, 2.05) is 49.1 Å². The highest BCUT2D eigenvalue weighted by Gasteiger charge is 2.04. The molecule has 4 N–H and O–H groups in total. The number of unbranched alkanes of at least 4 members (excludes halogenated alkanes) is 1. The molecule has 0 radical (unpaired) electrons. The molecule has 0 saturated carbocycles. The molecule has 0 aliphatic carbocycles. The Morgan fingerprint density at radius 1 is 0.708 bits per heavy atom. The molecule has 0 atom stereocenters. The van der Waals surface area contributed by atoms with Gasteiger partial charge in [-0.25, -0.2) is 9.97 Å². The molecule has 0 saturated heterocycles. The smallest absolute Gasteiger partial charge is 0.0958 e. The van der Waals surface area contributed by atoms with Gasteiger partial charge in [-0.05, 0) is 49.2 Å². The molecule has 0 bridgehead atoms. The van der Waals surface area contributed by atoms with E-state index in [-0.39, 0.29) is 0 Å². The van der Waals surface area contributed by atoms with Crippen molar-refractivity contribution < 1.29 is 0 Å². The van der Waals surface area contributed by atoms with Gasteiger partial charge in [0, 0.05) is 24.5 Å². The third-order valence-corrected chi connectivity index (χ3v) is 4.34. The van der Waals surface area contributed by atoms with Crippen LogP contribution in [0, 0.1) is 0 Å². The van der Waals surface area contributed by atoms with E-state index in [0.717, 1.165) is 59.4 Å². The Morgan fingerprint density at radius 2 is 1.17 bits per heavy atom. The lowest BCUT2D eigenvalue weighted by Crippen LogP contribution is -2.00. The lowest BCUT2D eigenvalue weighted by atomic mass is 10.2. The van der Waals surface area contributed by atoms with Crippen molar-refractivity contribution in [1.29, 1.82) is 0 Å². The van der Waals surface area contributed by atoms with E-state index >= 15 is 0 Å². The predicted octanol–water partition coefficient (Wildman–Crippen LogP) is 3.03. The second-order valence-corrected chi connectivity index (χ2v) is 6.08. The number of nitrogens with two attached hydrogens (primary N) is 2. The van der Waals surface area contributed by atoms with Gasteiger partial charge in [-0.3, -0.25) is 0 Å². The van der Waals surface area contributed by atoms with Gasteiger partial charge in [0.15, 0.2) is 0 Å². The number of nitrogens with zero attached hydrogens (tertiary/aromatic N) is 4. The van der Waals surface area contributed by atoms with Gasteiger partial charge in [-0.1, -0.05) is 0 Å². The van der Waals surface area contributed by atoms with E-state index in [1.165, 1.54) is 0 Å². The molecular formula is C18H20N6. The minimum Gasteiger partial charge on any atom is -0.399 e. The van der Waals surface area contributed by atoms with Crippen LogP contribution >= 0.6 is 0 Å². The van der Waals surface area contributed by atoms with Crippen LogP contribution in [0.4, 0.5) is 11.4 Å². The summed E-state index contributed by atoms with van der Waals surface area (Å²) in [4.78, 5) is 8.83. The van der Waals surface area contributed by atoms with Crippen LogP contribution in [0.15, 0.2) is 49.1 Å². The fourth-order valence-corrected chi connectivity index (χ4v) is 3.08. The third-order valence-electron chi connectivity index (χ3n) is 4.34. The SMILES string of the molecule is Nc1ccc2c(c1)ncn2CCCCn1cnc2cc(N)ccc21. The molecule has 4 aromatic rings. The number of anilines is 2. The first-order valence-corrected chi connectivity index (χ1v) is 8.11. The van der Waals surface area contributed by atoms with Crippen molar-refractivity contribution in [3.8, 4) is 0 Å². The zero-order chi connectivity index (χ0) is 16.5. The minimum absolute atomic E-state index is 0.750. The van der Waals surface area contributed by atoms with Crippen LogP contribution in [0.5, 0.6) is 0 Å². The molecule has 24 heavy (non-hydrogen) atoms. The summed E-state index contributed by atoms with van der Waals surface area (Å²) >= 11 is 0. The van der Waals surface area contributed by atoms with E-state index in [0.29, 0.717) is 0 Å². The van der Waals surface area contributed by atoms with E-state index < -0.39 is 0 Å². The van der Waals surface area contributed by atoms with Crippen LogP contribution in [-0.4, -0.2) is 19.1 Å². The van der Waals surface area contributed by atoms with E-state index in [2.05, 4.69) is 19.1 Å². The summed E-state index contributed by atoms with van der Waals surface area (Å²) in [6.07, 6.45) is 5.92. The van der Waals surface area contributed by atoms with Crippen molar-refractivity contribution in [3.63, 3.8) is 0 Å². The summed E-state index contributed by atoms with van der Waals surface area (Å²) in [7, 11) is 0. The van der Waals surface area contributed by atoms with Crippen molar-refractivity contribution in [2.75, 3.05) is 11.5 Å². The van der Waals surface area contributed by atoms with Crippen LogP contribution in [0.3, 0.4) is 0 Å². The van der Waals surface area contributed by atoms with Gasteiger partial charge in [0.2, 0.25) is 0 Å². The number of benzene rings is 2. The number of imidazole rings is 2. The summed E-state index contributed by atoms with van der Waals surface area (Å²) in [6, 6.07) is 11.7. The highest BCUT2D eigenvalue weighted by atomic mass is 15.1. The van der Waals surface area contributed by atoms with Crippen molar-refractivity contribution in [3.05, 3.63) is 49.1 Å². The lowest BCUT2D eigenvalue weighted by molar-refractivity contribution is 0.566. The van der Waals surface area contributed by atoms with E-state index in [1.54, 1.807) is 0 Å². The third kappa shape index (κ3) is 2.67. The quantitative estimate of drug-likeness (QED) is 0.437. The maximum Gasteiger partial charge on any atom is 0.0958 e. The van der Waals surface area contributed by atoms with Gasteiger partial charge in [-0.2, -0.15) is 0 Å². The van der Waals surface area contributed by atoms with Gasteiger partial charge >= 0.3 is 0 Å². The first-order valence-electron chi connectivity index (χ1n) is 8.11. The van der Waals surface area contributed by atoms with Crippen LogP contribution in [0.2, 0.25) is 0 Å². The average molecular weight is 320 g/mol. The molecule has 0 unspecified atom stereocenters. The molecule has 0 fully saturated rings. The van der Waals surface area contributed by atoms with Crippen molar-refractivity contribution in [2.45, 2.75) is 25.9 Å². The van der Waals surface area contributed by atoms with Crippen molar-refractivity contribution in [2.24, 2.45) is 0 Å². The van der Waals surface area contributed by atoms with Crippen LogP contribution in [-0.2, 0) is 13.1 Å². The maximum atomic E-state index is 5.80. The molecule has 2 aromatic heterocycles. The summed E-state index contributed by atoms with van der Waals surface area (Å²) in [5, 5.41) is 0. The number of fused-ring (bicyclic) bond motifs is 2. The lowest BCUT2D eigenvalue weighted by Gasteiger charge is -2.06. The van der Waals surface area contributed by atoms with Crippen molar-refractivity contribution >= 4 is 33.4 Å². The van der Waals surface area contributed by atoms with Gasteiger partial charge in [0.1, 0.15) is 0 Å². The summed E-state index contributed by atoms with van der Waals surface area (Å²) in [6.45, 7) is 1.89. The molecule has 0 amide bonds. The Bertz CT molecular complexity index is 915. The van der Waals surface area contributed by atoms with E-state index in [9.17, 15) is 0 Å². The fourth-order valence-electron chi connectivity index (χ4n) is 3.08. The second-order valence-electron chi connectivity index (χ2n) is 6.08. The Hall–Kier alpha value is -3.02. The zero-order valence-electron chi connectivity index (χ0n) is 13.4. The first-order chi connectivity index (χ1) is 11.7. The highest BCUT2D eigenvalue weighted by molar-refractivity contribution is 5.79. The average Bonchev–Trinajstić information content (AvgIpc) is 3.15. The van der Waals surface area contributed by atoms with Gasteiger partial charge in [0.25, 0.3) is 0 Å². The zero-order valence-corrected chi connectivity index (χ0v) is 13.4. The number of hydrogen-bond acceptors (Lipinski definition) is 4. The Labute approximate surface area is 139 Å². The van der Waals surface area contributed by atoms with Crippen molar-refractivity contribution in [1.82, 2.24) is 19.1 Å². The fraction of sp³-hybridized carbons (Fsp3) is 0.222. The second kappa shape index (κ2) is 5.88. The number of aryl methyl sites for hydroxylation is 2. The maximum absolute atomic E-state index is 5.80. The minimum atomic E-state index is 0.750. The van der Waals surface area contributed by atoms with Gasteiger partial charge < -0.3 is 20.6 Å². The molecule has 2 aromatic carbocycles. The van der Waals surface area contributed by atoms with Gasteiger partial charge in [-0.15, -0.1) is 0 Å². The molecule has 0 aliphatic rings. The molecule has 6 heteroatoms. The molecule has 122 valence electrons. The standard InChI is InChI=1S/C18H20N6/c19-13-3-5-17-15(9-13)21-11-23(17)7-1-2-8-24-12-22-16-10-14(20)4-6-18(16)24/h3-6,9-12H,1-2,7-8,19-20H2. The number of aromatic nitrogens is 4.